The van der Waals surface area contributed by atoms with E-state index in [9.17, 15) is 14.1 Å². The summed E-state index contributed by atoms with van der Waals surface area (Å²) in [6.45, 7) is 3.97. The van der Waals surface area contributed by atoms with Crippen LogP contribution in [0.4, 0.5) is 5.69 Å². The highest BCUT2D eigenvalue weighted by Crippen LogP contribution is 2.30. The Labute approximate surface area is 165 Å². The average molecular weight is 402 g/mol. The van der Waals surface area contributed by atoms with Crippen molar-refractivity contribution < 1.29 is 18.5 Å². The third-order valence-corrected chi connectivity index (χ3v) is 5.26. The number of hydrogen-bond donors (Lipinski definition) is 3. The number of allylic oxidation sites excluding steroid dienone is 1. The normalized spacial score (nSPS) is 16.1. The Morgan fingerprint density at radius 1 is 1.25 bits per heavy atom. The van der Waals surface area contributed by atoms with Crippen LogP contribution in [-0.4, -0.2) is 40.1 Å². The molecule has 1 aliphatic rings. The molecule has 3 N–H and O–H groups in total. The van der Waals surface area contributed by atoms with Gasteiger partial charge >= 0.3 is 0 Å². The lowest BCUT2D eigenvalue weighted by atomic mass is 10.1. The van der Waals surface area contributed by atoms with Gasteiger partial charge in [0.05, 0.1) is 28.4 Å². The Morgan fingerprint density at radius 2 is 2.00 bits per heavy atom. The van der Waals surface area contributed by atoms with Gasteiger partial charge in [-0.15, -0.1) is 0 Å². The second kappa shape index (κ2) is 7.89. The number of aromatic hydroxyl groups is 1. The predicted molar refractivity (Wildman–Crippen MR) is 108 cm³/mol. The van der Waals surface area contributed by atoms with Gasteiger partial charge in [-0.3, -0.25) is 4.79 Å². The third-order valence-electron chi connectivity index (χ3n) is 4.19. The van der Waals surface area contributed by atoms with E-state index in [0.717, 1.165) is 11.5 Å². The van der Waals surface area contributed by atoms with Crippen molar-refractivity contribution in [3.05, 3.63) is 58.0 Å². The number of amidine groups is 1. The molecule has 3 rings (SSSR count). The molecule has 2 aromatic rings. The standard InChI is InChI=1S/C19H22N4O4S/c1-11-8-9-13(27-11)10-20-16-12(2)28(26)22-18(16)21-15-7-5-6-14(17(15)24)19(25)23(3)4/h5-9,20,24H,10H2,1-4H3,(H,21,22). The summed E-state index contributed by atoms with van der Waals surface area (Å²) in [6, 6.07) is 8.53. The molecule has 1 aromatic heterocycles. The number of phenolic OH excluding ortho intramolecular Hbond substituents is 1. The Kier molecular flexibility index (Phi) is 5.55. The van der Waals surface area contributed by atoms with Gasteiger partial charge in [0.1, 0.15) is 11.5 Å². The molecule has 0 radical (unpaired) electrons. The number of anilines is 1. The van der Waals surface area contributed by atoms with Gasteiger partial charge in [-0.2, -0.15) is 4.40 Å². The molecular weight excluding hydrogens is 380 g/mol. The largest absolute Gasteiger partial charge is 0.505 e. The zero-order valence-corrected chi connectivity index (χ0v) is 16.9. The van der Waals surface area contributed by atoms with Crippen molar-refractivity contribution in [3.63, 3.8) is 0 Å². The van der Waals surface area contributed by atoms with Crippen molar-refractivity contribution in [2.24, 2.45) is 4.40 Å². The van der Waals surface area contributed by atoms with Crippen LogP contribution in [0.25, 0.3) is 0 Å². The third kappa shape index (κ3) is 3.94. The minimum Gasteiger partial charge on any atom is -0.505 e. The second-order valence-electron chi connectivity index (χ2n) is 6.51. The molecule has 148 valence electrons. The number of carbonyl (C=O) groups is 1. The van der Waals surface area contributed by atoms with Crippen LogP contribution in [0.1, 0.15) is 28.8 Å². The topological polar surface area (TPSA) is 107 Å². The highest BCUT2D eigenvalue weighted by atomic mass is 32.2. The minimum atomic E-state index is -1.53. The zero-order valence-electron chi connectivity index (χ0n) is 16.1. The number of carbonyl (C=O) groups excluding carboxylic acids is 1. The highest BCUT2D eigenvalue weighted by Gasteiger charge is 2.25. The molecule has 0 saturated carbocycles. The fraction of sp³-hybridized carbons (Fsp3) is 0.263. The van der Waals surface area contributed by atoms with Crippen molar-refractivity contribution in [1.29, 1.82) is 0 Å². The number of hydrogen-bond acceptors (Lipinski definition) is 6. The monoisotopic (exact) mass is 402 g/mol. The molecule has 28 heavy (non-hydrogen) atoms. The van der Waals surface area contributed by atoms with Crippen molar-refractivity contribution in [1.82, 2.24) is 10.2 Å². The van der Waals surface area contributed by atoms with E-state index in [1.165, 1.54) is 11.0 Å². The number of rotatable bonds is 5. The van der Waals surface area contributed by atoms with Gasteiger partial charge in [-0.1, -0.05) is 6.07 Å². The molecule has 0 bridgehead atoms. The summed E-state index contributed by atoms with van der Waals surface area (Å²) in [5, 5.41) is 16.7. The van der Waals surface area contributed by atoms with Crippen molar-refractivity contribution in [2.75, 3.05) is 19.4 Å². The van der Waals surface area contributed by atoms with E-state index in [0.29, 0.717) is 28.7 Å². The molecule has 0 spiro atoms. The lowest BCUT2D eigenvalue weighted by Gasteiger charge is -2.16. The number of amides is 1. The summed E-state index contributed by atoms with van der Waals surface area (Å²) >= 11 is 0. The lowest BCUT2D eigenvalue weighted by Crippen LogP contribution is -2.25. The van der Waals surface area contributed by atoms with Gasteiger partial charge in [0, 0.05) is 14.1 Å². The first-order valence-electron chi connectivity index (χ1n) is 8.59. The molecular formula is C19H22N4O4S. The summed E-state index contributed by atoms with van der Waals surface area (Å²) in [4.78, 5) is 14.2. The van der Waals surface area contributed by atoms with E-state index in [2.05, 4.69) is 15.0 Å². The quantitative estimate of drug-likeness (QED) is 0.664. The SMILES string of the molecule is CC1=C(NCc2ccc(C)o2)C(Nc2cccc(C(=O)N(C)C)c2O)=NS1=O. The first-order chi connectivity index (χ1) is 13.3. The molecule has 0 aliphatic carbocycles. The van der Waals surface area contributed by atoms with Crippen LogP contribution in [0.5, 0.6) is 5.75 Å². The van der Waals surface area contributed by atoms with Crippen LogP contribution in [0.15, 0.2) is 49.7 Å². The van der Waals surface area contributed by atoms with Crippen molar-refractivity contribution >= 4 is 28.4 Å². The van der Waals surface area contributed by atoms with Crippen LogP contribution in [0.2, 0.25) is 0 Å². The molecule has 1 unspecified atom stereocenters. The maximum Gasteiger partial charge on any atom is 0.257 e. The van der Waals surface area contributed by atoms with E-state index in [1.54, 1.807) is 33.2 Å². The van der Waals surface area contributed by atoms with Gasteiger partial charge < -0.3 is 25.1 Å². The second-order valence-corrected chi connectivity index (χ2v) is 7.81. The van der Waals surface area contributed by atoms with Crippen LogP contribution in [0.3, 0.4) is 0 Å². The number of aryl methyl sites for hydroxylation is 1. The van der Waals surface area contributed by atoms with Gasteiger partial charge in [0.25, 0.3) is 5.91 Å². The van der Waals surface area contributed by atoms with E-state index >= 15 is 0 Å². The van der Waals surface area contributed by atoms with E-state index in [1.807, 2.05) is 19.1 Å². The summed E-state index contributed by atoms with van der Waals surface area (Å²) < 4.78 is 21.8. The highest BCUT2D eigenvalue weighted by molar-refractivity contribution is 7.88. The fourth-order valence-electron chi connectivity index (χ4n) is 2.69. The van der Waals surface area contributed by atoms with E-state index in [-0.39, 0.29) is 17.2 Å². The van der Waals surface area contributed by atoms with Gasteiger partial charge in [-0.05, 0) is 38.1 Å². The molecule has 1 amide bonds. The molecule has 9 heteroatoms. The lowest BCUT2D eigenvalue weighted by molar-refractivity contribution is 0.0824. The molecule has 0 fully saturated rings. The number of para-hydroxylation sites is 1. The number of furan rings is 1. The summed E-state index contributed by atoms with van der Waals surface area (Å²) in [5.74, 6) is 1.34. The van der Waals surface area contributed by atoms with Gasteiger partial charge in [0.15, 0.2) is 22.6 Å². The van der Waals surface area contributed by atoms with Gasteiger partial charge in [0.2, 0.25) is 0 Å². The summed E-state index contributed by atoms with van der Waals surface area (Å²) in [7, 11) is 1.69. The predicted octanol–water partition coefficient (Wildman–Crippen LogP) is 2.50. The van der Waals surface area contributed by atoms with Crippen LogP contribution in [-0.2, 0) is 17.5 Å². The first kappa shape index (κ1) is 19.7. The molecule has 0 saturated heterocycles. The molecule has 1 atom stereocenters. The fourth-order valence-corrected chi connectivity index (χ4v) is 3.47. The number of benzene rings is 1. The van der Waals surface area contributed by atoms with Crippen LogP contribution in [0, 0.1) is 6.92 Å². The minimum absolute atomic E-state index is 0.163. The first-order valence-corrected chi connectivity index (χ1v) is 9.70. The molecule has 1 aromatic carbocycles. The van der Waals surface area contributed by atoms with E-state index in [4.69, 9.17) is 4.42 Å². The molecule has 1 aliphatic heterocycles. The Hall–Kier alpha value is -3.07. The average Bonchev–Trinajstić information content (AvgIpc) is 3.18. The summed E-state index contributed by atoms with van der Waals surface area (Å²) in [5.41, 5.74) is 1.03. The number of nitrogens with zero attached hydrogens (tertiary/aromatic N) is 2. The maximum atomic E-state index is 12.2. The zero-order chi connectivity index (χ0) is 20.4. The molecule has 8 nitrogen and oxygen atoms in total. The number of nitrogens with one attached hydrogen (secondary N) is 2. The van der Waals surface area contributed by atoms with Gasteiger partial charge in [-0.25, -0.2) is 4.21 Å². The van der Waals surface area contributed by atoms with Crippen LogP contribution >= 0.6 is 0 Å². The Morgan fingerprint density at radius 3 is 2.64 bits per heavy atom. The molecule has 2 heterocycles. The Balaban J connectivity index is 1.83. The smallest absolute Gasteiger partial charge is 0.257 e. The van der Waals surface area contributed by atoms with Crippen molar-refractivity contribution in [3.8, 4) is 5.75 Å². The maximum absolute atomic E-state index is 12.2. The Bertz CT molecular complexity index is 1010. The van der Waals surface area contributed by atoms with Crippen molar-refractivity contribution in [2.45, 2.75) is 20.4 Å². The van der Waals surface area contributed by atoms with E-state index < -0.39 is 11.0 Å². The summed E-state index contributed by atoms with van der Waals surface area (Å²) in [6.07, 6.45) is 0. The number of phenols is 1. The van der Waals surface area contributed by atoms with Crippen LogP contribution < -0.4 is 10.6 Å².